The van der Waals surface area contributed by atoms with Crippen molar-refractivity contribution in [2.24, 2.45) is 5.10 Å². The van der Waals surface area contributed by atoms with Gasteiger partial charge in [0, 0.05) is 17.3 Å². The first-order valence-electron chi connectivity index (χ1n) is 8.17. The van der Waals surface area contributed by atoms with Crippen molar-refractivity contribution in [1.82, 2.24) is 5.43 Å². The van der Waals surface area contributed by atoms with Crippen LogP contribution >= 0.6 is 0 Å². The molecule has 142 valence electrons. The van der Waals surface area contributed by atoms with Crippen molar-refractivity contribution in [2.75, 3.05) is 18.5 Å². The molecule has 0 aliphatic rings. The Morgan fingerprint density at radius 1 is 1.33 bits per heavy atom. The first-order chi connectivity index (χ1) is 12.9. The van der Waals surface area contributed by atoms with Crippen LogP contribution in [0.2, 0.25) is 0 Å². The van der Waals surface area contributed by atoms with E-state index >= 15 is 0 Å². The average Bonchev–Trinajstić information content (AvgIpc) is 2.63. The summed E-state index contributed by atoms with van der Waals surface area (Å²) in [4.78, 5) is 22.1. The van der Waals surface area contributed by atoms with Crippen molar-refractivity contribution in [3.63, 3.8) is 0 Å². The van der Waals surface area contributed by atoms with Gasteiger partial charge in [-0.1, -0.05) is 17.7 Å². The van der Waals surface area contributed by atoms with Crippen LogP contribution in [0.15, 0.2) is 41.5 Å². The van der Waals surface area contributed by atoms with Crippen LogP contribution in [0.1, 0.15) is 18.1 Å². The molecule has 0 saturated heterocycles. The summed E-state index contributed by atoms with van der Waals surface area (Å²) >= 11 is 0. The third-order valence-corrected chi connectivity index (χ3v) is 3.48. The van der Waals surface area contributed by atoms with Crippen LogP contribution in [0.5, 0.6) is 11.5 Å². The third kappa shape index (κ3) is 5.70. The van der Waals surface area contributed by atoms with E-state index < -0.39 is 16.4 Å². The Morgan fingerprint density at radius 3 is 2.67 bits per heavy atom. The zero-order valence-electron chi connectivity index (χ0n) is 14.9. The maximum Gasteiger partial charge on any atom is 0.315 e. The smallest absolute Gasteiger partial charge is 0.315 e. The van der Waals surface area contributed by atoms with Crippen LogP contribution in [0.4, 0.5) is 11.4 Å². The maximum atomic E-state index is 11.8. The maximum absolute atomic E-state index is 11.8. The summed E-state index contributed by atoms with van der Waals surface area (Å²) in [5.74, 6) is -0.962. The molecule has 0 spiro atoms. The summed E-state index contributed by atoms with van der Waals surface area (Å²) in [6.07, 6.45) is 1.23. The Morgan fingerprint density at radius 2 is 2.04 bits per heavy atom. The van der Waals surface area contributed by atoms with Crippen LogP contribution in [0.25, 0.3) is 0 Å². The predicted molar refractivity (Wildman–Crippen MR) is 101 cm³/mol. The van der Waals surface area contributed by atoms with Gasteiger partial charge in [-0.05, 0) is 32.0 Å². The number of hydrogen-bond acceptors (Lipinski definition) is 7. The monoisotopic (exact) mass is 372 g/mol. The SMILES string of the molecule is CCOc1cc(/C=N\NC(=O)CNc2ccc(C)cc2)cc([N+](=O)[O-])c1O. The number of aryl methyl sites for hydroxylation is 1. The number of rotatable bonds is 8. The number of phenols is 1. The van der Waals surface area contributed by atoms with Crippen molar-refractivity contribution in [2.45, 2.75) is 13.8 Å². The van der Waals surface area contributed by atoms with Gasteiger partial charge in [0.1, 0.15) is 0 Å². The number of nitro groups is 1. The number of nitrogens with one attached hydrogen (secondary N) is 2. The van der Waals surface area contributed by atoms with Gasteiger partial charge in [0.05, 0.1) is 24.3 Å². The van der Waals surface area contributed by atoms with Gasteiger partial charge >= 0.3 is 5.69 Å². The Labute approximate surface area is 155 Å². The van der Waals surface area contributed by atoms with E-state index in [0.717, 1.165) is 17.3 Å². The van der Waals surface area contributed by atoms with E-state index in [2.05, 4.69) is 15.8 Å². The molecule has 0 bridgehead atoms. The Hall–Kier alpha value is -3.62. The number of nitro benzene ring substituents is 1. The molecule has 2 aromatic rings. The summed E-state index contributed by atoms with van der Waals surface area (Å²) in [5, 5.41) is 27.6. The second kappa shape index (κ2) is 9.18. The Balaban J connectivity index is 1.99. The number of aromatic hydroxyl groups is 1. The number of hydrogen-bond donors (Lipinski definition) is 3. The minimum absolute atomic E-state index is 0.0142. The molecule has 1 amide bonds. The molecule has 2 aromatic carbocycles. The molecule has 9 nitrogen and oxygen atoms in total. The highest BCUT2D eigenvalue weighted by Crippen LogP contribution is 2.36. The zero-order chi connectivity index (χ0) is 19.8. The fourth-order valence-corrected chi connectivity index (χ4v) is 2.17. The van der Waals surface area contributed by atoms with Crippen LogP contribution < -0.4 is 15.5 Å². The number of anilines is 1. The van der Waals surface area contributed by atoms with Gasteiger partial charge in [-0.2, -0.15) is 5.10 Å². The van der Waals surface area contributed by atoms with Gasteiger partial charge in [-0.15, -0.1) is 0 Å². The topological polar surface area (TPSA) is 126 Å². The van der Waals surface area contributed by atoms with Crippen LogP contribution in [-0.2, 0) is 4.79 Å². The number of benzene rings is 2. The summed E-state index contributed by atoms with van der Waals surface area (Å²) in [6, 6.07) is 10.1. The second-order valence-corrected chi connectivity index (χ2v) is 5.59. The molecule has 27 heavy (non-hydrogen) atoms. The van der Waals surface area contributed by atoms with Crippen LogP contribution in [0, 0.1) is 17.0 Å². The average molecular weight is 372 g/mol. The number of ether oxygens (including phenoxy) is 1. The van der Waals surface area contributed by atoms with E-state index in [-0.39, 0.29) is 24.8 Å². The van der Waals surface area contributed by atoms with Crippen LogP contribution in [0.3, 0.4) is 0 Å². The minimum atomic E-state index is -0.723. The highest BCUT2D eigenvalue weighted by molar-refractivity contribution is 5.86. The molecule has 0 fully saturated rings. The molecule has 0 heterocycles. The van der Waals surface area contributed by atoms with Crippen LogP contribution in [-0.4, -0.2) is 35.3 Å². The zero-order valence-corrected chi connectivity index (χ0v) is 14.9. The molecule has 0 aliphatic heterocycles. The molecule has 2 rings (SSSR count). The quantitative estimate of drug-likeness (QED) is 0.371. The predicted octanol–water partition coefficient (Wildman–Crippen LogP) is 2.57. The third-order valence-electron chi connectivity index (χ3n) is 3.48. The standard InChI is InChI=1S/C18H20N4O5/c1-3-27-16-9-13(8-15(18(16)24)22(25)26)10-20-21-17(23)11-19-14-6-4-12(2)5-7-14/h4-10,19,24H,3,11H2,1-2H3,(H,21,23)/b20-10-. The van der Waals surface area contributed by atoms with Crippen molar-refractivity contribution < 1.29 is 19.6 Å². The lowest BCUT2D eigenvalue weighted by Crippen LogP contribution is -2.25. The van der Waals surface area contributed by atoms with Crippen molar-refractivity contribution in [1.29, 1.82) is 0 Å². The molecule has 0 radical (unpaired) electrons. The fraction of sp³-hybridized carbons (Fsp3) is 0.222. The Bertz CT molecular complexity index is 850. The first-order valence-corrected chi connectivity index (χ1v) is 8.17. The van der Waals surface area contributed by atoms with E-state index in [9.17, 15) is 20.0 Å². The van der Waals surface area contributed by atoms with Gasteiger partial charge in [0.2, 0.25) is 5.75 Å². The molecule has 0 aliphatic carbocycles. The lowest BCUT2D eigenvalue weighted by atomic mass is 10.2. The molecule has 0 saturated carbocycles. The number of carbonyl (C=O) groups is 1. The summed E-state index contributed by atoms with van der Waals surface area (Å²) in [6.45, 7) is 3.90. The molecule has 0 aromatic heterocycles. The first kappa shape index (κ1) is 19.7. The minimum Gasteiger partial charge on any atom is -0.500 e. The largest absolute Gasteiger partial charge is 0.500 e. The van der Waals surface area contributed by atoms with Gasteiger partial charge in [-0.3, -0.25) is 14.9 Å². The highest BCUT2D eigenvalue weighted by atomic mass is 16.6. The number of amides is 1. The second-order valence-electron chi connectivity index (χ2n) is 5.59. The Kier molecular flexibility index (Phi) is 6.70. The molecular formula is C18H20N4O5. The summed E-state index contributed by atoms with van der Waals surface area (Å²) < 4.78 is 5.18. The summed E-state index contributed by atoms with van der Waals surface area (Å²) in [5.41, 5.74) is 4.03. The van der Waals surface area contributed by atoms with Gasteiger partial charge in [-0.25, -0.2) is 5.43 Å². The molecule has 9 heteroatoms. The normalized spacial score (nSPS) is 10.6. The van der Waals surface area contributed by atoms with Crippen molar-refractivity contribution in [3.05, 3.63) is 57.6 Å². The van der Waals surface area contributed by atoms with Crippen molar-refractivity contribution in [3.8, 4) is 11.5 Å². The van der Waals surface area contributed by atoms with Gasteiger partial charge < -0.3 is 15.2 Å². The molecule has 0 unspecified atom stereocenters. The number of hydrazone groups is 1. The summed E-state index contributed by atoms with van der Waals surface area (Å²) in [7, 11) is 0. The van der Waals surface area contributed by atoms with E-state index in [1.54, 1.807) is 6.92 Å². The van der Waals surface area contributed by atoms with E-state index in [4.69, 9.17) is 4.74 Å². The molecule has 3 N–H and O–H groups in total. The number of nitrogens with zero attached hydrogens (tertiary/aromatic N) is 2. The molecular weight excluding hydrogens is 352 g/mol. The molecule has 0 atom stereocenters. The van der Waals surface area contributed by atoms with Gasteiger partial charge in [0.25, 0.3) is 5.91 Å². The lowest BCUT2D eigenvalue weighted by molar-refractivity contribution is -0.386. The van der Waals surface area contributed by atoms with Gasteiger partial charge in [0.15, 0.2) is 5.75 Å². The van der Waals surface area contributed by atoms with E-state index in [0.29, 0.717) is 5.56 Å². The fourth-order valence-electron chi connectivity index (χ4n) is 2.17. The van der Waals surface area contributed by atoms with Crippen molar-refractivity contribution >= 4 is 23.5 Å². The lowest BCUT2D eigenvalue weighted by Gasteiger charge is -2.07. The highest BCUT2D eigenvalue weighted by Gasteiger charge is 2.19. The van der Waals surface area contributed by atoms with E-state index in [1.165, 1.54) is 12.3 Å². The number of phenolic OH excluding ortho intramolecular Hbond substituents is 1. The van der Waals surface area contributed by atoms with E-state index in [1.807, 2.05) is 31.2 Å². The number of carbonyl (C=O) groups excluding carboxylic acids is 1.